The van der Waals surface area contributed by atoms with E-state index in [-0.39, 0.29) is 23.3 Å². The molecule has 5 heteroatoms. The van der Waals surface area contributed by atoms with E-state index in [9.17, 15) is 9.59 Å². The standard InChI is InChI=1S/C16H29N3O2/c1-4-13(20)18-9-6-10-19(12-11-18)15(21)14-16(2,3)7-5-8-17-14/h14,17H,4-12H2,1-3H3. The predicted molar refractivity (Wildman–Crippen MR) is 82.9 cm³/mol. The van der Waals surface area contributed by atoms with Gasteiger partial charge in [0.15, 0.2) is 0 Å². The van der Waals surface area contributed by atoms with Crippen LogP contribution in [0.2, 0.25) is 0 Å². The average Bonchev–Trinajstić information content (AvgIpc) is 2.71. The van der Waals surface area contributed by atoms with E-state index in [1.807, 2.05) is 16.7 Å². The normalized spacial score (nSPS) is 26.3. The molecule has 2 saturated heterocycles. The van der Waals surface area contributed by atoms with Crippen LogP contribution < -0.4 is 5.32 Å². The highest BCUT2D eigenvalue weighted by molar-refractivity contribution is 5.83. The first-order valence-electron chi connectivity index (χ1n) is 8.25. The van der Waals surface area contributed by atoms with Crippen LogP contribution in [0, 0.1) is 5.41 Å². The number of amides is 2. The first-order chi connectivity index (χ1) is 9.95. The van der Waals surface area contributed by atoms with Crippen LogP contribution in [0.25, 0.3) is 0 Å². The molecule has 21 heavy (non-hydrogen) atoms. The molecular weight excluding hydrogens is 266 g/mol. The lowest BCUT2D eigenvalue weighted by atomic mass is 9.77. The van der Waals surface area contributed by atoms with Gasteiger partial charge in [-0.3, -0.25) is 9.59 Å². The molecule has 2 fully saturated rings. The van der Waals surface area contributed by atoms with Gasteiger partial charge < -0.3 is 15.1 Å². The molecule has 1 N–H and O–H groups in total. The van der Waals surface area contributed by atoms with Gasteiger partial charge in [0.1, 0.15) is 0 Å². The number of rotatable bonds is 2. The predicted octanol–water partition coefficient (Wildman–Crippen LogP) is 1.24. The van der Waals surface area contributed by atoms with Crippen molar-refractivity contribution >= 4 is 11.8 Å². The van der Waals surface area contributed by atoms with Gasteiger partial charge in [0.05, 0.1) is 6.04 Å². The lowest BCUT2D eigenvalue weighted by molar-refractivity contribution is -0.138. The Kier molecular flexibility index (Phi) is 5.25. The molecule has 2 aliphatic rings. The van der Waals surface area contributed by atoms with E-state index in [0.717, 1.165) is 38.9 Å². The summed E-state index contributed by atoms with van der Waals surface area (Å²) in [5.41, 5.74) is 0.0144. The molecule has 0 spiro atoms. The smallest absolute Gasteiger partial charge is 0.240 e. The summed E-state index contributed by atoms with van der Waals surface area (Å²) >= 11 is 0. The fourth-order valence-corrected chi connectivity index (χ4v) is 3.43. The highest BCUT2D eigenvalue weighted by atomic mass is 16.2. The first kappa shape index (κ1) is 16.3. The van der Waals surface area contributed by atoms with E-state index < -0.39 is 0 Å². The third-order valence-corrected chi connectivity index (χ3v) is 4.84. The van der Waals surface area contributed by atoms with Crippen LogP contribution in [-0.2, 0) is 9.59 Å². The van der Waals surface area contributed by atoms with E-state index in [0.29, 0.717) is 19.5 Å². The zero-order valence-corrected chi connectivity index (χ0v) is 13.7. The van der Waals surface area contributed by atoms with Gasteiger partial charge in [-0.15, -0.1) is 0 Å². The Bertz CT molecular complexity index is 395. The lowest BCUT2D eigenvalue weighted by Crippen LogP contribution is -2.57. The quantitative estimate of drug-likeness (QED) is 0.834. The first-order valence-corrected chi connectivity index (χ1v) is 8.25. The summed E-state index contributed by atoms with van der Waals surface area (Å²) in [5, 5.41) is 3.40. The van der Waals surface area contributed by atoms with Crippen molar-refractivity contribution in [1.82, 2.24) is 15.1 Å². The zero-order chi connectivity index (χ0) is 15.5. The molecule has 2 heterocycles. The minimum Gasteiger partial charge on any atom is -0.341 e. The summed E-state index contributed by atoms with van der Waals surface area (Å²) in [5.74, 6) is 0.408. The molecule has 0 aromatic heterocycles. The third-order valence-electron chi connectivity index (χ3n) is 4.84. The summed E-state index contributed by atoms with van der Waals surface area (Å²) in [4.78, 5) is 28.5. The number of carbonyl (C=O) groups excluding carboxylic acids is 2. The van der Waals surface area contributed by atoms with Crippen molar-refractivity contribution in [3.63, 3.8) is 0 Å². The highest BCUT2D eigenvalue weighted by Gasteiger charge is 2.39. The Morgan fingerprint density at radius 2 is 1.76 bits per heavy atom. The van der Waals surface area contributed by atoms with Crippen LogP contribution in [0.15, 0.2) is 0 Å². The number of carbonyl (C=O) groups is 2. The molecule has 5 nitrogen and oxygen atoms in total. The summed E-state index contributed by atoms with van der Waals surface area (Å²) in [6.07, 6.45) is 3.65. The van der Waals surface area contributed by atoms with Gasteiger partial charge in [0.25, 0.3) is 0 Å². The van der Waals surface area contributed by atoms with E-state index in [1.165, 1.54) is 0 Å². The largest absolute Gasteiger partial charge is 0.341 e. The maximum atomic E-state index is 12.8. The molecule has 0 aromatic rings. The zero-order valence-electron chi connectivity index (χ0n) is 13.7. The van der Waals surface area contributed by atoms with Gasteiger partial charge in [-0.05, 0) is 31.2 Å². The molecule has 2 amide bonds. The molecule has 120 valence electrons. The molecule has 1 atom stereocenters. The van der Waals surface area contributed by atoms with Gasteiger partial charge in [-0.1, -0.05) is 20.8 Å². The van der Waals surface area contributed by atoms with Crippen LogP contribution in [0.4, 0.5) is 0 Å². The van der Waals surface area contributed by atoms with Crippen LogP contribution in [0.3, 0.4) is 0 Å². The van der Waals surface area contributed by atoms with Crippen molar-refractivity contribution in [2.24, 2.45) is 5.41 Å². The van der Waals surface area contributed by atoms with Crippen molar-refractivity contribution in [2.45, 2.75) is 52.5 Å². The molecule has 0 aromatic carbocycles. The summed E-state index contributed by atoms with van der Waals surface area (Å²) in [7, 11) is 0. The third kappa shape index (κ3) is 3.76. The molecule has 0 aliphatic carbocycles. The Morgan fingerprint density at radius 1 is 1.10 bits per heavy atom. The van der Waals surface area contributed by atoms with E-state index in [4.69, 9.17) is 0 Å². The second-order valence-electron chi connectivity index (χ2n) is 6.89. The Labute approximate surface area is 128 Å². The highest BCUT2D eigenvalue weighted by Crippen LogP contribution is 2.31. The van der Waals surface area contributed by atoms with Gasteiger partial charge >= 0.3 is 0 Å². The van der Waals surface area contributed by atoms with Crippen LogP contribution >= 0.6 is 0 Å². The van der Waals surface area contributed by atoms with E-state index >= 15 is 0 Å². The van der Waals surface area contributed by atoms with Crippen molar-refractivity contribution in [3.8, 4) is 0 Å². The van der Waals surface area contributed by atoms with Crippen molar-refractivity contribution in [2.75, 3.05) is 32.7 Å². The number of piperidine rings is 1. The molecule has 2 aliphatic heterocycles. The Morgan fingerprint density at radius 3 is 2.43 bits per heavy atom. The average molecular weight is 295 g/mol. The van der Waals surface area contributed by atoms with Crippen LogP contribution in [-0.4, -0.2) is 60.4 Å². The SMILES string of the molecule is CCC(=O)N1CCCN(C(=O)C2NCCCC2(C)C)CC1. The Balaban J connectivity index is 1.98. The molecule has 0 bridgehead atoms. The van der Waals surface area contributed by atoms with Crippen molar-refractivity contribution in [1.29, 1.82) is 0 Å². The maximum absolute atomic E-state index is 12.8. The van der Waals surface area contributed by atoms with Gasteiger partial charge in [-0.2, -0.15) is 0 Å². The van der Waals surface area contributed by atoms with Gasteiger partial charge in [-0.25, -0.2) is 0 Å². The van der Waals surface area contributed by atoms with Gasteiger partial charge in [0, 0.05) is 32.6 Å². The number of hydrogen-bond donors (Lipinski definition) is 1. The summed E-state index contributed by atoms with van der Waals surface area (Å²) in [6.45, 7) is 10.0. The number of hydrogen-bond acceptors (Lipinski definition) is 3. The minimum atomic E-state index is -0.0836. The second kappa shape index (κ2) is 6.77. The summed E-state index contributed by atoms with van der Waals surface area (Å²) in [6, 6.07) is -0.0836. The Hall–Kier alpha value is -1.10. The molecule has 2 rings (SSSR count). The van der Waals surface area contributed by atoms with E-state index in [1.54, 1.807) is 0 Å². The fourth-order valence-electron chi connectivity index (χ4n) is 3.43. The topological polar surface area (TPSA) is 52.7 Å². The fraction of sp³-hybridized carbons (Fsp3) is 0.875. The molecule has 0 saturated carbocycles. The van der Waals surface area contributed by atoms with Crippen LogP contribution in [0.5, 0.6) is 0 Å². The maximum Gasteiger partial charge on any atom is 0.240 e. The van der Waals surface area contributed by atoms with Gasteiger partial charge in [0.2, 0.25) is 11.8 Å². The van der Waals surface area contributed by atoms with E-state index in [2.05, 4.69) is 19.2 Å². The number of nitrogens with zero attached hydrogens (tertiary/aromatic N) is 2. The lowest BCUT2D eigenvalue weighted by Gasteiger charge is -2.40. The minimum absolute atomic E-state index is 0.0144. The van der Waals surface area contributed by atoms with Crippen molar-refractivity contribution in [3.05, 3.63) is 0 Å². The van der Waals surface area contributed by atoms with Crippen LogP contribution in [0.1, 0.15) is 46.5 Å². The molecule has 0 radical (unpaired) electrons. The monoisotopic (exact) mass is 295 g/mol. The summed E-state index contributed by atoms with van der Waals surface area (Å²) < 4.78 is 0. The number of nitrogens with one attached hydrogen (secondary N) is 1. The second-order valence-corrected chi connectivity index (χ2v) is 6.89. The van der Waals surface area contributed by atoms with Crippen molar-refractivity contribution < 1.29 is 9.59 Å². The molecular formula is C16H29N3O2. The molecule has 1 unspecified atom stereocenters.